The number of nitriles is 1. The minimum Gasteiger partial charge on any atom is -0.491 e. The largest absolute Gasteiger partial charge is 0.491 e. The second-order valence-corrected chi connectivity index (χ2v) is 19.2. The van der Waals surface area contributed by atoms with E-state index >= 15 is 0 Å². The Hall–Kier alpha value is -5.76. The lowest BCUT2D eigenvalue weighted by molar-refractivity contribution is -0.164. The van der Waals surface area contributed by atoms with Gasteiger partial charge in [-0.05, 0) is 68.5 Å². The van der Waals surface area contributed by atoms with Crippen molar-refractivity contribution in [1.82, 2.24) is 25.3 Å². The van der Waals surface area contributed by atoms with Crippen LogP contribution in [0, 0.1) is 22.2 Å². The van der Waals surface area contributed by atoms with Gasteiger partial charge in [-0.3, -0.25) is 9.59 Å². The molecule has 16 nitrogen and oxygen atoms in total. The number of carbonyl (C=O) groups is 2. The summed E-state index contributed by atoms with van der Waals surface area (Å²) in [4.78, 5) is 51.2. The minimum atomic E-state index is -0.386. The van der Waals surface area contributed by atoms with Crippen LogP contribution in [0.4, 0.5) is 29.1 Å². The van der Waals surface area contributed by atoms with Gasteiger partial charge in [0.1, 0.15) is 42.0 Å². The molecule has 2 aromatic heterocycles. The molecular formula is C49H61ClN10O6. The Morgan fingerprint density at radius 1 is 0.909 bits per heavy atom. The maximum Gasteiger partial charge on any atom is 0.254 e. The van der Waals surface area contributed by atoms with Crippen molar-refractivity contribution in [3.8, 4) is 17.6 Å². The van der Waals surface area contributed by atoms with Crippen molar-refractivity contribution in [2.45, 2.75) is 110 Å². The third-order valence-corrected chi connectivity index (χ3v) is 14.0. The summed E-state index contributed by atoms with van der Waals surface area (Å²) in [7, 11) is 1.81. The van der Waals surface area contributed by atoms with Crippen LogP contribution in [0.25, 0.3) is 0 Å². The number of fused-ring (bicyclic) bond motifs is 1. The lowest BCUT2D eigenvalue weighted by Gasteiger charge is -2.63. The zero-order valence-electron chi connectivity index (χ0n) is 38.8. The van der Waals surface area contributed by atoms with Gasteiger partial charge in [-0.15, -0.1) is 0 Å². The number of anilines is 5. The highest BCUT2D eigenvalue weighted by Crippen LogP contribution is 2.55. The molecule has 66 heavy (non-hydrogen) atoms. The Morgan fingerprint density at radius 3 is 2.26 bits per heavy atom. The van der Waals surface area contributed by atoms with E-state index in [2.05, 4.69) is 76.1 Å². The quantitative estimate of drug-likeness (QED) is 0.0983. The highest BCUT2D eigenvalue weighted by Gasteiger charge is 2.64. The smallest absolute Gasteiger partial charge is 0.254 e. The van der Waals surface area contributed by atoms with Crippen LogP contribution >= 0.6 is 11.6 Å². The summed E-state index contributed by atoms with van der Waals surface area (Å²) in [6.07, 6.45) is 11.7. The van der Waals surface area contributed by atoms with Crippen LogP contribution in [0.5, 0.6) is 11.5 Å². The lowest BCUT2D eigenvalue weighted by atomic mass is 9.49. The molecule has 2 amide bonds. The number of nitrogens with zero attached hydrogens (tertiary/aromatic N) is 8. The van der Waals surface area contributed by atoms with Gasteiger partial charge >= 0.3 is 0 Å². The SMILES string of the molecule is CC[C@@H]1C(=O)N(C)c2cnc(Nc3ccc(OCCOCCOC4CCN(c5ncc(C(=O)NC6C(C)(C)C(Oc7ccc(C#N)c(Cl)c7)C6(C)C)cn5)CC4)cc3)nc2N1C1CCCC1. The Morgan fingerprint density at radius 2 is 1.59 bits per heavy atom. The predicted molar refractivity (Wildman–Crippen MR) is 253 cm³/mol. The molecule has 4 aromatic rings. The van der Waals surface area contributed by atoms with Gasteiger partial charge in [0.05, 0.1) is 48.3 Å². The van der Waals surface area contributed by atoms with Crippen molar-refractivity contribution in [3.05, 3.63) is 77.2 Å². The van der Waals surface area contributed by atoms with E-state index in [0.29, 0.717) is 66.3 Å². The number of carbonyl (C=O) groups excluding carboxylic acids is 2. The van der Waals surface area contributed by atoms with Gasteiger partial charge in [-0.1, -0.05) is 59.1 Å². The van der Waals surface area contributed by atoms with E-state index in [4.69, 9.17) is 35.5 Å². The number of hydrogen-bond donors (Lipinski definition) is 2. The van der Waals surface area contributed by atoms with E-state index in [9.17, 15) is 14.9 Å². The molecule has 17 heteroatoms. The summed E-state index contributed by atoms with van der Waals surface area (Å²) in [6, 6.07) is 14.7. The second-order valence-electron chi connectivity index (χ2n) is 18.8. The summed E-state index contributed by atoms with van der Waals surface area (Å²) in [5.74, 6) is 3.07. The zero-order valence-corrected chi connectivity index (χ0v) is 39.5. The van der Waals surface area contributed by atoms with Gasteiger partial charge in [0.15, 0.2) is 5.82 Å². The molecule has 4 heterocycles. The molecule has 4 aliphatic rings. The number of piperidine rings is 1. The fraction of sp³-hybridized carbons (Fsp3) is 0.531. The maximum absolute atomic E-state index is 13.4. The number of aromatic nitrogens is 4. The van der Waals surface area contributed by atoms with Gasteiger partial charge in [0, 0.05) is 67.2 Å². The lowest BCUT2D eigenvalue weighted by Crippen LogP contribution is -2.74. The molecule has 2 aromatic carbocycles. The molecule has 0 radical (unpaired) electrons. The summed E-state index contributed by atoms with van der Waals surface area (Å²) in [5.41, 5.74) is 1.59. The first-order valence-electron chi connectivity index (χ1n) is 23.1. The van der Waals surface area contributed by atoms with Crippen LogP contribution < -0.4 is 34.8 Å². The van der Waals surface area contributed by atoms with E-state index in [-0.39, 0.29) is 46.9 Å². The Bertz CT molecular complexity index is 2370. The van der Waals surface area contributed by atoms with Crippen molar-refractivity contribution >= 4 is 52.5 Å². The van der Waals surface area contributed by atoms with Gasteiger partial charge in [-0.25, -0.2) is 15.0 Å². The van der Waals surface area contributed by atoms with Gasteiger partial charge in [0.2, 0.25) is 17.8 Å². The number of rotatable bonds is 17. The maximum atomic E-state index is 13.4. The number of nitrogens with one attached hydrogen (secondary N) is 2. The average molecular weight is 922 g/mol. The summed E-state index contributed by atoms with van der Waals surface area (Å²) < 4.78 is 24.2. The highest BCUT2D eigenvalue weighted by molar-refractivity contribution is 6.31. The molecule has 0 unspecified atom stereocenters. The summed E-state index contributed by atoms with van der Waals surface area (Å²) in [5, 5.41) is 16.1. The molecule has 2 saturated carbocycles. The van der Waals surface area contributed by atoms with E-state index in [1.165, 1.54) is 12.8 Å². The molecule has 1 saturated heterocycles. The second kappa shape index (κ2) is 20.0. The molecular weight excluding hydrogens is 860 g/mol. The topological polar surface area (TPSA) is 180 Å². The van der Waals surface area contributed by atoms with Crippen molar-refractivity contribution in [1.29, 1.82) is 5.26 Å². The number of likely N-dealkylation sites (N-methyl/N-ethyl adjacent to an activating group) is 1. The van der Waals surface area contributed by atoms with Crippen LogP contribution in [0.3, 0.4) is 0 Å². The fourth-order valence-corrected chi connectivity index (χ4v) is 10.6. The van der Waals surface area contributed by atoms with Crippen LogP contribution in [0.2, 0.25) is 5.02 Å². The van der Waals surface area contributed by atoms with E-state index < -0.39 is 0 Å². The first-order chi connectivity index (χ1) is 31.8. The standard InChI is InChI=1S/C49H61ClN10O6/c1-7-39-43(62)58(6)40-30-52-46(56-41(40)60(39)34-10-8-9-11-34)55-33-13-16-35(17-14-33)64-24-22-63-23-25-65-36-18-20-59(21-19-36)47-53-28-32(29-54-47)42(61)57-44-48(2,3)45(49(44,4)5)66-37-15-12-31(27-51)38(50)26-37/h12-17,26,28-30,34,36,39,44-45H,7-11,18-25H2,1-6H3,(H,57,61)(H,52,55,56)/t39-,44?,45?/m1/s1. The highest BCUT2D eigenvalue weighted by atomic mass is 35.5. The molecule has 8 rings (SSSR count). The first kappa shape index (κ1) is 46.8. The van der Waals surface area contributed by atoms with Crippen LogP contribution in [0.15, 0.2) is 61.1 Å². The molecule has 0 bridgehead atoms. The molecule has 3 fully saturated rings. The van der Waals surface area contributed by atoms with E-state index in [1.54, 1.807) is 41.7 Å². The van der Waals surface area contributed by atoms with Gasteiger partial charge < -0.3 is 44.3 Å². The molecule has 2 aliphatic carbocycles. The molecule has 2 aliphatic heterocycles. The Balaban J connectivity index is 0.713. The van der Waals surface area contributed by atoms with Crippen LogP contribution in [0.1, 0.15) is 95.5 Å². The van der Waals surface area contributed by atoms with Crippen molar-refractivity contribution < 1.29 is 28.5 Å². The van der Waals surface area contributed by atoms with Crippen molar-refractivity contribution in [3.63, 3.8) is 0 Å². The predicted octanol–water partition coefficient (Wildman–Crippen LogP) is 7.73. The summed E-state index contributed by atoms with van der Waals surface area (Å²) >= 11 is 6.25. The van der Waals surface area contributed by atoms with Gasteiger partial charge in [-0.2, -0.15) is 10.2 Å². The molecule has 1 atom stereocenters. The van der Waals surface area contributed by atoms with E-state index in [0.717, 1.165) is 68.1 Å². The summed E-state index contributed by atoms with van der Waals surface area (Å²) in [6.45, 7) is 13.6. The molecule has 350 valence electrons. The number of ether oxygens (including phenoxy) is 4. The van der Waals surface area contributed by atoms with Gasteiger partial charge in [0.25, 0.3) is 5.91 Å². The fourth-order valence-electron chi connectivity index (χ4n) is 10.4. The minimum absolute atomic E-state index is 0.0979. The third kappa shape index (κ3) is 9.84. The number of halogens is 1. The molecule has 0 spiro atoms. The average Bonchev–Trinajstić information content (AvgIpc) is 3.86. The van der Waals surface area contributed by atoms with Crippen molar-refractivity contribution in [2.24, 2.45) is 10.8 Å². The third-order valence-electron chi connectivity index (χ3n) is 13.7. The Labute approximate surface area is 392 Å². The zero-order chi connectivity index (χ0) is 46.6. The number of amides is 2. The van der Waals surface area contributed by atoms with Crippen LogP contribution in [-0.2, 0) is 14.3 Å². The van der Waals surface area contributed by atoms with Crippen molar-refractivity contribution in [2.75, 3.05) is 66.6 Å². The molecule has 2 N–H and O–H groups in total. The monoisotopic (exact) mass is 920 g/mol. The van der Waals surface area contributed by atoms with E-state index in [1.807, 2.05) is 31.3 Å². The normalized spacial score (nSPS) is 21.5. The first-order valence-corrected chi connectivity index (χ1v) is 23.5. The van der Waals surface area contributed by atoms with Crippen LogP contribution in [-0.4, -0.2) is 109 Å². The Kier molecular flexibility index (Phi) is 14.2. The number of benzene rings is 2. The number of hydrogen-bond acceptors (Lipinski definition) is 14.